The molecular formula is C23H20BrNO6S. The predicted molar refractivity (Wildman–Crippen MR) is 127 cm³/mol. The van der Waals surface area contributed by atoms with Crippen molar-refractivity contribution < 1.29 is 29.3 Å². The fourth-order valence-electron chi connectivity index (χ4n) is 2.93. The largest absolute Gasteiger partial charge is 0.506 e. The highest BCUT2D eigenvalue weighted by Gasteiger charge is 2.34. The van der Waals surface area contributed by atoms with Gasteiger partial charge in [-0.2, -0.15) is 0 Å². The Morgan fingerprint density at radius 2 is 1.94 bits per heavy atom. The van der Waals surface area contributed by atoms with E-state index in [1.54, 1.807) is 44.2 Å². The number of aromatic hydroxyl groups is 1. The van der Waals surface area contributed by atoms with Crippen molar-refractivity contribution >= 4 is 50.7 Å². The first-order valence-electron chi connectivity index (χ1n) is 9.52. The molecule has 0 bridgehead atoms. The van der Waals surface area contributed by atoms with E-state index in [1.165, 1.54) is 13.2 Å². The SMILES string of the molecule is CCOC(=O)C1=C(O)/C(=C/c2cc(OC)c(O)cc2Br)SC1=NC(=O)c1ccccc1C. The number of ether oxygens (including phenoxy) is 2. The summed E-state index contributed by atoms with van der Waals surface area (Å²) in [4.78, 5) is 29.7. The molecule has 1 amide bonds. The maximum atomic E-state index is 12.8. The monoisotopic (exact) mass is 517 g/mol. The lowest BCUT2D eigenvalue weighted by Gasteiger charge is -2.07. The summed E-state index contributed by atoms with van der Waals surface area (Å²) >= 11 is 4.33. The number of hydrogen-bond acceptors (Lipinski definition) is 7. The summed E-state index contributed by atoms with van der Waals surface area (Å²) in [6, 6.07) is 9.99. The van der Waals surface area contributed by atoms with E-state index < -0.39 is 11.9 Å². The number of hydrogen-bond donors (Lipinski definition) is 2. The average molecular weight is 518 g/mol. The summed E-state index contributed by atoms with van der Waals surface area (Å²) in [6.45, 7) is 3.53. The molecule has 3 rings (SSSR count). The van der Waals surface area contributed by atoms with Crippen LogP contribution in [0.5, 0.6) is 11.5 Å². The van der Waals surface area contributed by atoms with Crippen molar-refractivity contribution in [2.24, 2.45) is 4.99 Å². The summed E-state index contributed by atoms with van der Waals surface area (Å²) in [5.74, 6) is -1.48. The number of rotatable bonds is 5. The number of aliphatic imine (C=N–C) groups is 1. The molecule has 7 nitrogen and oxygen atoms in total. The van der Waals surface area contributed by atoms with E-state index in [2.05, 4.69) is 20.9 Å². The molecular weight excluding hydrogens is 498 g/mol. The van der Waals surface area contributed by atoms with Crippen molar-refractivity contribution in [3.8, 4) is 11.5 Å². The summed E-state index contributed by atoms with van der Waals surface area (Å²) in [5.41, 5.74) is 1.54. The molecule has 32 heavy (non-hydrogen) atoms. The normalized spacial score (nSPS) is 16.0. The van der Waals surface area contributed by atoms with Crippen LogP contribution in [0.3, 0.4) is 0 Å². The van der Waals surface area contributed by atoms with E-state index in [-0.39, 0.29) is 39.4 Å². The fraction of sp³-hybridized carbons (Fsp3) is 0.174. The smallest absolute Gasteiger partial charge is 0.344 e. The van der Waals surface area contributed by atoms with Gasteiger partial charge in [0.05, 0.1) is 18.6 Å². The number of amides is 1. The lowest BCUT2D eigenvalue weighted by atomic mass is 10.1. The van der Waals surface area contributed by atoms with Crippen LogP contribution < -0.4 is 4.74 Å². The number of carbonyl (C=O) groups excluding carboxylic acids is 2. The molecule has 0 fully saturated rings. The number of aliphatic hydroxyl groups excluding tert-OH is 1. The van der Waals surface area contributed by atoms with Crippen molar-refractivity contribution in [3.05, 3.63) is 73.8 Å². The van der Waals surface area contributed by atoms with Gasteiger partial charge in [-0.05, 0) is 49.2 Å². The van der Waals surface area contributed by atoms with Gasteiger partial charge in [0, 0.05) is 10.0 Å². The third-order valence-corrected chi connectivity index (χ3v) is 6.24. The average Bonchev–Trinajstić information content (AvgIpc) is 3.05. The number of carbonyl (C=O) groups is 2. The second kappa shape index (κ2) is 10.1. The van der Waals surface area contributed by atoms with Crippen molar-refractivity contribution in [3.63, 3.8) is 0 Å². The van der Waals surface area contributed by atoms with Gasteiger partial charge in [0.1, 0.15) is 16.4 Å². The summed E-state index contributed by atoms with van der Waals surface area (Å²) in [7, 11) is 1.42. The molecule has 1 aliphatic rings. The molecule has 0 aliphatic carbocycles. The molecule has 1 heterocycles. The van der Waals surface area contributed by atoms with Crippen LogP contribution in [-0.4, -0.2) is 40.8 Å². The third-order valence-electron chi connectivity index (χ3n) is 4.53. The van der Waals surface area contributed by atoms with Gasteiger partial charge in [0.2, 0.25) is 0 Å². The lowest BCUT2D eigenvalue weighted by molar-refractivity contribution is -0.138. The molecule has 1 aliphatic heterocycles. The van der Waals surface area contributed by atoms with Crippen LogP contribution >= 0.6 is 27.7 Å². The number of esters is 1. The number of benzene rings is 2. The lowest BCUT2D eigenvalue weighted by Crippen LogP contribution is -2.14. The van der Waals surface area contributed by atoms with Crippen LogP contribution in [0.1, 0.15) is 28.4 Å². The molecule has 0 spiro atoms. The molecule has 0 saturated heterocycles. The van der Waals surface area contributed by atoms with Gasteiger partial charge in [0.15, 0.2) is 11.5 Å². The Bertz CT molecular complexity index is 1190. The van der Waals surface area contributed by atoms with Crippen LogP contribution in [0.4, 0.5) is 0 Å². The van der Waals surface area contributed by atoms with E-state index in [0.717, 1.165) is 17.3 Å². The van der Waals surface area contributed by atoms with E-state index in [0.29, 0.717) is 15.6 Å². The number of phenols is 1. The Kier molecular flexibility index (Phi) is 7.42. The van der Waals surface area contributed by atoms with E-state index in [1.807, 2.05) is 6.07 Å². The van der Waals surface area contributed by atoms with Gasteiger partial charge in [0.25, 0.3) is 5.91 Å². The molecule has 0 aromatic heterocycles. The third kappa shape index (κ3) is 4.89. The van der Waals surface area contributed by atoms with Gasteiger partial charge >= 0.3 is 5.97 Å². The summed E-state index contributed by atoms with van der Waals surface area (Å²) in [5, 5.41) is 20.7. The quantitative estimate of drug-likeness (QED) is 0.526. The number of aliphatic hydroxyl groups is 1. The van der Waals surface area contributed by atoms with Crippen molar-refractivity contribution in [2.45, 2.75) is 13.8 Å². The highest BCUT2D eigenvalue weighted by atomic mass is 79.9. The molecule has 0 unspecified atom stereocenters. The zero-order valence-electron chi connectivity index (χ0n) is 17.5. The molecule has 0 radical (unpaired) electrons. The molecule has 166 valence electrons. The Balaban J connectivity index is 2.08. The van der Waals surface area contributed by atoms with Gasteiger partial charge in [-0.1, -0.05) is 45.9 Å². The number of halogens is 1. The number of nitrogens with zero attached hydrogens (tertiary/aromatic N) is 1. The Labute approximate surface area is 197 Å². The fourth-order valence-corrected chi connectivity index (χ4v) is 4.38. The minimum absolute atomic E-state index is 0.0438. The highest BCUT2D eigenvalue weighted by molar-refractivity contribution is 9.10. The maximum absolute atomic E-state index is 12.8. The second-order valence-corrected chi connectivity index (χ2v) is 8.52. The Morgan fingerprint density at radius 1 is 1.22 bits per heavy atom. The summed E-state index contributed by atoms with van der Waals surface area (Å²) < 4.78 is 10.7. The maximum Gasteiger partial charge on any atom is 0.344 e. The van der Waals surface area contributed by atoms with Gasteiger partial charge in [-0.3, -0.25) is 4.79 Å². The number of thioether (sulfide) groups is 1. The van der Waals surface area contributed by atoms with Crippen LogP contribution in [0.15, 0.2) is 62.1 Å². The zero-order valence-corrected chi connectivity index (χ0v) is 19.9. The molecule has 2 N–H and O–H groups in total. The van der Waals surface area contributed by atoms with Crippen LogP contribution in [-0.2, 0) is 9.53 Å². The Hall–Kier alpha value is -3.04. The first kappa shape index (κ1) is 23.6. The molecule has 0 atom stereocenters. The van der Waals surface area contributed by atoms with E-state index in [4.69, 9.17) is 9.47 Å². The number of methoxy groups -OCH3 is 1. The molecule has 0 saturated carbocycles. The molecule has 2 aromatic rings. The van der Waals surface area contributed by atoms with Crippen LogP contribution in [0.2, 0.25) is 0 Å². The number of aryl methyl sites for hydroxylation is 1. The predicted octanol–water partition coefficient (Wildman–Crippen LogP) is 5.17. The summed E-state index contributed by atoms with van der Waals surface area (Å²) in [6.07, 6.45) is 1.59. The van der Waals surface area contributed by atoms with Crippen molar-refractivity contribution in [1.29, 1.82) is 0 Å². The Morgan fingerprint density at radius 3 is 2.59 bits per heavy atom. The minimum atomic E-state index is -0.778. The van der Waals surface area contributed by atoms with Gasteiger partial charge in [-0.25, -0.2) is 9.79 Å². The van der Waals surface area contributed by atoms with E-state index in [9.17, 15) is 19.8 Å². The van der Waals surface area contributed by atoms with Gasteiger partial charge in [-0.15, -0.1) is 0 Å². The van der Waals surface area contributed by atoms with Crippen LogP contribution in [0.25, 0.3) is 6.08 Å². The highest BCUT2D eigenvalue weighted by Crippen LogP contribution is 2.41. The first-order chi connectivity index (χ1) is 15.3. The van der Waals surface area contributed by atoms with E-state index >= 15 is 0 Å². The van der Waals surface area contributed by atoms with Gasteiger partial charge < -0.3 is 19.7 Å². The van der Waals surface area contributed by atoms with Crippen LogP contribution in [0, 0.1) is 6.92 Å². The van der Waals surface area contributed by atoms with Crippen molar-refractivity contribution in [2.75, 3.05) is 13.7 Å². The molecule has 2 aromatic carbocycles. The number of phenolic OH excluding ortho intramolecular Hbond substituents is 1. The standard InChI is InChI=1S/C23H20BrNO6S/c1-4-31-23(29)19-20(27)18(10-13-9-17(30-3)16(26)11-15(13)24)32-22(19)25-21(28)14-8-6-5-7-12(14)2/h5-11,26-27H,4H2,1-3H3/b18-10-,25-22?. The zero-order chi connectivity index (χ0) is 23.4. The first-order valence-corrected chi connectivity index (χ1v) is 11.1. The molecule has 9 heteroatoms. The minimum Gasteiger partial charge on any atom is -0.506 e. The van der Waals surface area contributed by atoms with Crippen molar-refractivity contribution in [1.82, 2.24) is 0 Å². The second-order valence-electron chi connectivity index (χ2n) is 6.64. The topological polar surface area (TPSA) is 105 Å².